The van der Waals surface area contributed by atoms with E-state index in [0.29, 0.717) is 15.9 Å². The first-order chi connectivity index (χ1) is 13.5. The van der Waals surface area contributed by atoms with Crippen LogP contribution in [0.4, 0.5) is 5.69 Å². The number of hydrogen-bond donors (Lipinski definition) is 2. The number of nitrogens with one attached hydrogen (secondary N) is 1. The van der Waals surface area contributed by atoms with Gasteiger partial charge < -0.3 is 9.84 Å². The molecule has 1 heterocycles. The number of rotatable bonds is 7. The fourth-order valence-electron chi connectivity index (χ4n) is 2.40. The number of carbonyl (C=O) groups excluding carboxylic acids is 1. The monoisotopic (exact) mass is 419 g/mol. The van der Waals surface area contributed by atoms with E-state index in [9.17, 15) is 20.0 Å². The number of nitro benzene ring substituents is 1. The summed E-state index contributed by atoms with van der Waals surface area (Å²) in [5, 5.41) is 23.9. The van der Waals surface area contributed by atoms with Gasteiger partial charge in [0.1, 0.15) is 5.75 Å². The summed E-state index contributed by atoms with van der Waals surface area (Å²) >= 11 is 3.84. The van der Waals surface area contributed by atoms with E-state index in [1.807, 2.05) is 47.8 Å². The molecule has 1 saturated heterocycles. The molecule has 2 aromatic carbocycles. The number of aromatic hydroxyl groups is 1. The zero-order valence-electron chi connectivity index (χ0n) is 14.6. The molecule has 10 heteroatoms. The van der Waals surface area contributed by atoms with E-state index in [2.05, 4.69) is 10.5 Å². The van der Waals surface area contributed by atoms with Gasteiger partial charge in [0.2, 0.25) is 0 Å². The number of amides is 1. The summed E-state index contributed by atoms with van der Waals surface area (Å²) in [5.41, 5.74) is 3.45. The predicted octanol–water partition coefficient (Wildman–Crippen LogP) is 3.31. The van der Waals surface area contributed by atoms with Crippen molar-refractivity contribution in [2.45, 2.75) is 4.58 Å². The quantitative estimate of drug-likeness (QED) is 0.402. The maximum absolute atomic E-state index is 11.8. The number of nitrogens with zero attached hydrogens (tertiary/aromatic N) is 2. The Hall–Kier alpha value is -2.72. The third-order valence-electron chi connectivity index (χ3n) is 3.74. The van der Waals surface area contributed by atoms with E-state index in [0.717, 1.165) is 17.6 Å². The van der Waals surface area contributed by atoms with Crippen molar-refractivity contribution in [1.29, 1.82) is 0 Å². The maximum atomic E-state index is 11.8. The van der Waals surface area contributed by atoms with Crippen LogP contribution in [0.5, 0.6) is 11.5 Å². The minimum absolute atomic E-state index is 0.209. The molecule has 1 amide bonds. The van der Waals surface area contributed by atoms with E-state index < -0.39 is 22.3 Å². The second-order valence-corrected chi connectivity index (χ2v) is 8.45. The standard InChI is InChI=1S/C18H17N3O5S2/c22-16-6-1-12(9-15(16)21(24)25)10-19-20-17(23)11-26-14-4-2-13(3-5-14)18-27-7-8-28-18/h1-6,9-10,18,22H,7-8,11H2,(H,20,23)/b19-10-. The van der Waals surface area contributed by atoms with E-state index in [1.54, 1.807) is 0 Å². The molecule has 3 rings (SSSR count). The SMILES string of the molecule is O=C(COc1ccc(C2SCCS2)cc1)N/N=C\c1ccc(O)c([N+](=O)[O-])c1. The van der Waals surface area contributed by atoms with Gasteiger partial charge in [-0.15, -0.1) is 23.5 Å². The van der Waals surface area contributed by atoms with Gasteiger partial charge in [0, 0.05) is 23.1 Å². The van der Waals surface area contributed by atoms with E-state index in [1.165, 1.54) is 23.9 Å². The Morgan fingerprint density at radius 2 is 2.00 bits per heavy atom. The van der Waals surface area contributed by atoms with E-state index in [4.69, 9.17) is 4.74 Å². The number of ether oxygens (including phenoxy) is 1. The lowest BCUT2D eigenvalue weighted by Gasteiger charge is -2.10. The summed E-state index contributed by atoms with van der Waals surface area (Å²) in [5.74, 6) is 2.01. The lowest BCUT2D eigenvalue weighted by atomic mass is 10.2. The first kappa shape index (κ1) is 20.0. The normalized spacial score (nSPS) is 14.3. The summed E-state index contributed by atoms with van der Waals surface area (Å²) < 4.78 is 5.89. The fourth-order valence-corrected chi connectivity index (χ4v) is 5.26. The van der Waals surface area contributed by atoms with Gasteiger partial charge in [0.05, 0.1) is 15.7 Å². The zero-order valence-corrected chi connectivity index (χ0v) is 16.2. The Balaban J connectivity index is 1.47. The number of thioether (sulfide) groups is 2. The minimum atomic E-state index is -0.700. The Morgan fingerprint density at radius 3 is 2.68 bits per heavy atom. The van der Waals surface area contributed by atoms with Gasteiger partial charge >= 0.3 is 5.69 Å². The molecule has 2 N–H and O–H groups in total. The van der Waals surface area contributed by atoms with Crippen molar-refractivity contribution < 1.29 is 19.6 Å². The van der Waals surface area contributed by atoms with Crippen molar-refractivity contribution in [2.75, 3.05) is 18.1 Å². The second-order valence-electron chi connectivity index (χ2n) is 5.73. The predicted molar refractivity (Wildman–Crippen MR) is 110 cm³/mol. The first-order valence-corrected chi connectivity index (χ1v) is 10.4. The van der Waals surface area contributed by atoms with Crippen LogP contribution in [0.15, 0.2) is 47.6 Å². The lowest BCUT2D eigenvalue weighted by Crippen LogP contribution is -2.24. The number of phenolic OH excluding ortho intramolecular Hbond substituents is 1. The van der Waals surface area contributed by atoms with Gasteiger partial charge in [-0.1, -0.05) is 12.1 Å². The van der Waals surface area contributed by atoms with Crippen molar-refractivity contribution in [3.8, 4) is 11.5 Å². The van der Waals surface area contributed by atoms with Crippen LogP contribution in [0.1, 0.15) is 15.7 Å². The van der Waals surface area contributed by atoms with Gasteiger partial charge in [-0.05, 0) is 29.8 Å². The van der Waals surface area contributed by atoms with Crippen LogP contribution in [-0.4, -0.2) is 40.3 Å². The Bertz CT molecular complexity index is 883. The third kappa shape index (κ3) is 5.40. The van der Waals surface area contributed by atoms with Crippen molar-refractivity contribution in [3.05, 3.63) is 63.7 Å². The maximum Gasteiger partial charge on any atom is 0.311 e. The number of carbonyl (C=O) groups is 1. The molecule has 0 unspecified atom stereocenters. The molecular weight excluding hydrogens is 402 g/mol. The highest BCUT2D eigenvalue weighted by Crippen LogP contribution is 2.45. The number of hydrogen-bond acceptors (Lipinski definition) is 8. The van der Waals surface area contributed by atoms with Gasteiger partial charge in [0.25, 0.3) is 5.91 Å². The number of benzene rings is 2. The van der Waals surface area contributed by atoms with E-state index in [-0.39, 0.29) is 6.61 Å². The van der Waals surface area contributed by atoms with Crippen LogP contribution in [0.25, 0.3) is 0 Å². The topological polar surface area (TPSA) is 114 Å². The van der Waals surface area contributed by atoms with Crippen LogP contribution in [0.3, 0.4) is 0 Å². The van der Waals surface area contributed by atoms with E-state index >= 15 is 0 Å². The van der Waals surface area contributed by atoms with Gasteiger partial charge in [-0.3, -0.25) is 14.9 Å². The van der Waals surface area contributed by atoms with Crippen LogP contribution in [0.2, 0.25) is 0 Å². The summed E-state index contributed by atoms with van der Waals surface area (Å²) in [4.78, 5) is 21.9. The highest BCUT2D eigenvalue weighted by atomic mass is 32.2. The molecule has 1 aliphatic rings. The Morgan fingerprint density at radius 1 is 1.29 bits per heavy atom. The minimum Gasteiger partial charge on any atom is -0.502 e. The highest BCUT2D eigenvalue weighted by Gasteiger charge is 2.18. The third-order valence-corrected chi connectivity index (χ3v) is 6.85. The molecule has 8 nitrogen and oxygen atoms in total. The molecule has 0 radical (unpaired) electrons. The van der Waals surface area contributed by atoms with Crippen molar-refractivity contribution in [3.63, 3.8) is 0 Å². The Labute approximate surface area is 169 Å². The lowest BCUT2D eigenvalue weighted by molar-refractivity contribution is -0.385. The summed E-state index contributed by atoms with van der Waals surface area (Å²) in [6.07, 6.45) is 1.25. The van der Waals surface area contributed by atoms with Crippen LogP contribution in [-0.2, 0) is 4.79 Å². The molecule has 146 valence electrons. The van der Waals surface area contributed by atoms with Gasteiger partial charge in [0.15, 0.2) is 12.4 Å². The van der Waals surface area contributed by atoms with Crippen LogP contribution >= 0.6 is 23.5 Å². The second kappa shape index (κ2) is 9.47. The molecule has 0 spiro atoms. The van der Waals surface area contributed by atoms with Crippen LogP contribution < -0.4 is 10.2 Å². The zero-order chi connectivity index (χ0) is 19.9. The van der Waals surface area contributed by atoms with Crippen molar-refractivity contribution in [2.24, 2.45) is 5.10 Å². The molecule has 1 aliphatic heterocycles. The molecular formula is C18H17N3O5S2. The van der Waals surface area contributed by atoms with Gasteiger partial charge in [-0.25, -0.2) is 5.43 Å². The molecule has 0 aromatic heterocycles. The van der Waals surface area contributed by atoms with Crippen LogP contribution in [0, 0.1) is 10.1 Å². The average molecular weight is 419 g/mol. The molecule has 28 heavy (non-hydrogen) atoms. The molecule has 0 bridgehead atoms. The molecule has 0 saturated carbocycles. The fraction of sp³-hybridized carbons (Fsp3) is 0.222. The summed E-state index contributed by atoms with van der Waals surface area (Å²) in [6.45, 7) is -0.209. The summed E-state index contributed by atoms with van der Waals surface area (Å²) in [6, 6.07) is 11.5. The number of hydrazone groups is 1. The van der Waals surface area contributed by atoms with Crippen molar-refractivity contribution >= 4 is 41.3 Å². The smallest absolute Gasteiger partial charge is 0.311 e. The number of nitro groups is 1. The van der Waals surface area contributed by atoms with Gasteiger partial charge in [-0.2, -0.15) is 5.10 Å². The molecule has 1 fully saturated rings. The first-order valence-electron chi connectivity index (χ1n) is 8.28. The molecule has 0 aliphatic carbocycles. The highest BCUT2D eigenvalue weighted by molar-refractivity contribution is 8.19. The largest absolute Gasteiger partial charge is 0.502 e. The average Bonchev–Trinajstić information content (AvgIpc) is 3.22. The Kier molecular flexibility index (Phi) is 6.77. The molecule has 0 atom stereocenters. The molecule has 2 aromatic rings. The van der Waals surface area contributed by atoms with Crippen molar-refractivity contribution in [1.82, 2.24) is 5.43 Å². The number of phenols is 1. The summed E-state index contributed by atoms with van der Waals surface area (Å²) in [7, 11) is 0.